The molecule has 1 aromatic carbocycles. The van der Waals surface area contributed by atoms with Crippen LogP contribution < -0.4 is 22.2 Å². The van der Waals surface area contributed by atoms with E-state index in [4.69, 9.17) is 11.6 Å². The fourth-order valence-electron chi connectivity index (χ4n) is 4.09. The van der Waals surface area contributed by atoms with Gasteiger partial charge in [-0.25, -0.2) is 5.84 Å². The van der Waals surface area contributed by atoms with E-state index in [9.17, 15) is 19.2 Å². The van der Waals surface area contributed by atoms with Crippen LogP contribution in [0.3, 0.4) is 0 Å². The lowest BCUT2D eigenvalue weighted by molar-refractivity contribution is -0.136. The largest absolute Gasteiger partial charge is 0.399 e. The number of rotatable bonds is 8. The standard InChI is InChI=1S/C23H30N6O4/c1-13(2)10-23(3,4)28(25)12-14(24)11-26-16-7-5-6-15-19(16)22(33)29(21(15)32)17-8-9-18(30)27-20(17)31/h5-7,12,17,26H,1,8-11,24-25H2,2-4H3,(H,27,30,31)/b14-12-. The van der Waals surface area contributed by atoms with Gasteiger partial charge in [0.05, 0.1) is 23.2 Å². The van der Waals surface area contributed by atoms with E-state index in [1.165, 1.54) is 11.1 Å². The van der Waals surface area contributed by atoms with Crippen LogP contribution in [0.2, 0.25) is 0 Å². The summed E-state index contributed by atoms with van der Waals surface area (Å²) in [6.45, 7) is 9.96. The minimum Gasteiger partial charge on any atom is -0.399 e. The summed E-state index contributed by atoms with van der Waals surface area (Å²) >= 11 is 0. The van der Waals surface area contributed by atoms with E-state index >= 15 is 0 Å². The van der Waals surface area contributed by atoms with Gasteiger partial charge >= 0.3 is 0 Å². The van der Waals surface area contributed by atoms with Crippen LogP contribution in [-0.4, -0.2) is 51.7 Å². The molecule has 0 bridgehead atoms. The lowest BCUT2D eigenvalue weighted by atomic mass is 9.96. The van der Waals surface area contributed by atoms with Crippen molar-refractivity contribution in [2.24, 2.45) is 11.6 Å². The summed E-state index contributed by atoms with van der Waals surface area (Å²) in [5.41, 5.74) is 7.94. The molecule has 1 atom stereocenters. The van der Waals surface area contributed by atoms with Crippen molar-refractivity contribution in [2.75, 3.05) is 11.9 Å². The smallest absolute Gasteiger partial charge is 0.264 e. The van der Waals surface area contributed by atoms with E-state index in [0.29, 0.717) is 17.8 Å². The predicted octanol–water partition coefficient (Wildman–Crippen LogP) is 1.22. The number of carbonyl (C=O) groups excluding carboxylic acids is 4. The second-order valence-corrected chi connectivity index (χ2v) is 9.09. The van der Waals surface area contributed by atoms with Gasteiger partial charge in [-0.05, 0) is 45.7 Å². The maximum atomic E-state index is 13.1. The van der Waals surface area contributed by atoms with Crippen molar-refractivity contribution in [2.45, 2.75) is 51.6 Å². The van der Waals surface area contributed by atoms with E-state index in [1.807, 2.05) is 20.8 Å². The highest BCUT2D eigenvalue weighted by atomic mass is 16.2. The van der Waals surface area contributed by atoms with Gasteiger partial charge in [-0.2, -0.15) is 0 Å². The topological polar surface area (TPSA) is 151 Å². The molecule has 33 heavy (non-hydrogen) atoms. The van der Waals surface area contributed by atoms with E-state index < -0.39 is 35.2 Å². The molecular formula is C23H30N6O4. The quantitative estimate of drug-likeness (QED) is 0.198. The number of hydrazine groups is 1. The van der Waals surface area contributed by atoms with Crippen LogP contribution in [-0.2, 0) is 9.59 Å². The molecule has 2 aliphatic rings. The first-order valence-corrected chi connectivity index (χ1v) is 10.7. The molecule has 6 N–H and O–H groups in total. The summed E-state index contributed by atoms with van der Waals surface area (Å²) in [6.07, 6.45) is 2.45. The SMILES string of the molecule is C=C(C)CC(C)(C)N(N)/C=C(\N)CNc1cccc2c1C(=O)N(C1CCC(=O)NC1=O)C2=O. The average Bonchev–Trinajstić information content (AvgIpc) is 2.97. The molecule has 1 aromatic rings. The van der Waals surface area contributed by atoms with Gasteiger partial charge in [0, 0.05) is 24.0 Å². The van der Waals surface area contributed by atoms with E-state index in [1.54, 1.807) is 18.3 Å². The summed E-state index contributed by atoms with van der Waals surface area (Å²) in [5, 5.41) is 6.79. The van der Waals surface area contributed by atoms with Crippen molar-refractivity contribution in [1.82, 2.24) is 15.2 Å². The normalized spacial score (nSPS) is 18.8. The number of nitrogens with one attached hydrogen (secondary N) is 2. The number of nitrogens with two attached hydrogens (primary N) is 2. The molecule has 2 heterocycles. The monoisotopic (exact) mass is 454 g/mol. The number of carbonyl (C=O) groups is 4. The van der Waals surface area contributed by atoms with Crippen LogP contribution in [0.25, 0.3) is 0 Å². The van der Waals surface area contributed by atoms with Crippen LogP contribution in [0.4, 0.5) is 5.69 Å². The third kappa shape index (κ3) is 4.90. The van der Waals surface area contributed by atoms with Crippen molar-refractivity contribution < 1.29 is 19.2 Å². The Morgan fingerprint density at radius 2 is 2.00 bits per heavy atom. The van der Waals surface area contributed by atoms with E-state index in [-0.39, 0.29) is 30.5 Å². The summed E-state index contributed by atoms with van der Waals surface area (Å²) < 4.78 is 0. The number of hydrogen-bond donors (Lipinski definition) is 4. The number of piperidine rings is 1. The van der Waals surface area contributed by atoms with Crippen LogP contribution in [0.1, 0.15) is 60.7 Å². The predicted molar refractivity (Wildman–Crippen MR) is 123 cm³/mol. The van der Waals surface area contributed by atoms with Gasteiger partial charge < -0.3 is 16.1 Å². The molecule has 10 nitrogen and oxygen atoms in total. The fraction of sp³-hybridized carbons (Fsp3) is 0.391. The van der Waals surface area contributed by atoms with Gasteiger partial charge in [0.2, 0.25) is 11.8 Å². The minimum absolute atomic E-state index is 0.0631. The summed E-state index contributed by atoms with van der Waals surface area (Å²) in [5.74, 6) is 3.95. The van der Waals surface area contributed by atoms with Crippen LogP contribution in [0, 0.1) is 0 Å². The second-order valence-electron chi connectivity index (χ2n) is 9.09. The fourth-order valence-corrected chi connectivity index (χ4v) is 4.09. The first kappa shape index (κ1) is 24.0. The third-order valence-corrected chi connectivity index (χ3v) is 5.69. The van der Waals surface area contributed by atoms with E-state index in [2.05, 4.69) is 17.2 Å². The van der Waals surface area contributed by atoms with Crippen molar-refractivity contribution >= 4 is 29.3 Å². The Morgan fingerprint density at radius 3 is 2.64 bits per heavy atom. The number of nitrogens with zero attached hydrogens (tertiary/aromatic N) is 2. The summed E-state index contributed by atoms with van der Waals surface area (Å²) in [6, 6.07) is 3.82. The number of hydrogen-bond acceptors (Lipinski definition) is 8. The molecular weight excluding hydrogens is 424 g/mol. The van der Waals surface area contributed by atoms with Gasteiger partial charge in [-0.3, -0.25) is 29.4 Å². The van der Waals surface area contributed by atoms with Gasteiger partial charge in [0.1, 0.15) is 6.04 Å². The maximum Gasteiger partial charge on any atom is 0.264 e. The molecule has 1 saturated heterocycles. The highest BCUT2D eigenvalue weighted by Gasteiger charge is 2.45. The Labute approximate surface area is 192 Å². The zero-order chi connectivity index (χ0) is 24.5. The Balaban J connectivity index is 1.77. The molecule has 2 aliphatic heterocycles. The van der Waals surface area contributed by atoms with Crippen molar-refractivity contribution in [3.05, 3.63) is 53.4 Å². The Bertz CT molecular complexity index is 1060. The first-order chi connectivity index (χ1) is 15.4. The minimum atomic E-state index is -1.02. The third-order valence-electron chi connectivity index (χ3n) is 5.69. The van der Waals surface area contributed by atoms with Crippen LogP contribution in [0.5, 0.6) is 0 Å². The molecule has 3 rings (SSSR count). The zero-order valence-electron chi connectivity index (χ0n) is 19.1. The molecule has 176 valence electrons. The Kier molecular flexibility index (Phi) is 6.59. The van der Waals surface area contributed by atoms with E-state index in [0.717, 1.165) is 10.5 Å². The van der Waals surface area contributed by atoms with Gasteiger partial charge in [-0.1, -0.05) is 11.6 Å². The van der Waals surface area contributed by atoms with Gasteiger partial charge in [0.25, 0.3) is 11.8 Å². The van der Waals surface area contributed by atoms with Crippen LogP contribution >= 0.6 is 0 Å². The molecule has 0 aromatic heterocycles. The number of anilines is 1. The van der Waals surface area contributed by atoms with Crippen molar-refractivity contribution in [3.8, 4) is 0 Å². The van der Waals surface area contributed by atoms with Gasteiger partial charge in [0.15, 0.2) is 0 Å². The highest BCUT2D eigenvalue weighted by molar-refractivity contribution is 6.25. The van der Waals surface area contributed by atoms with Crippen molar-refractivity contribution in [3.63, 3.8) is 0 Å². The molecule has 0 aliphatic carbocycles. The lowest BCUT2D eigenvalue weighted by Gasteiger charge is -2.34. The first-order valence-electron chi connectivity index (χ1n) is 10.7. The molecule has 0 spiro atoms. The second kappa shape index (κ2) is 9.07. The zero-order valence-corrected chi connectivity index (χ0v) is 19.1. The lowest BCUT2D eigenvalue weighted by Crippen LogP contribution is -2.54. The van der Waals surface area contributed by atoms with Gasteiger partial charge in [-0.15, -0.1) is 6.58 Å². The number of fused-ring (bicyclic) bond motifs is 1. The summed E-state index contributed by atoms with van der Waals surface area (Å²) in [4.78, 5) is 50.7. The van der Waals surface area contributed by atoms with Crippen molar-refractivity contribution in [1.29, 1.82) is 0 Å². The number of amides is 4. The molecule has 1 fully saturated rings. The number of imide groups is 2. The number of benzene rings is 1. The average molecular weight is 455 g/mol. The highest BCUT2D eigenvalue weighted by Crippen LogP contribution is 2.32. The maximum absolute atomic E-state index is 13.1. The molecule has 0 saturated carbocycles. The Hall–Kier alpha value is -3.66. The molecule has 10 heteroatoms. The molecule has 0 radical (unpaired) electrons. The Morgan fingerprint density at radius 1 is 1.30 bits per heavy atom. The molecule has 4 amide bonds. The summed E-state index contributed by atoms with van der Waals surface area (Å²) in [7, 11) is 0. The molecule has 1 unspecified atom stereocenters. The van der Waals surface area contributed by atoms with Crippen LogP contribution in [0.15, 0.2) is 42.2 Å².